The van der Waals surface area contributed by atoms with Crippen LogP contribution in [0.25, 0.3) is 0 Å². The molecule has 1 saturated heterocycles. The van der Waals surface area contributed by atoms with E-state index in [1.807, 2.05) is 18.2 Å². The van der Waals surface area contributed by atoms with E-state index in [0.29, 0.717) is 0 Å². The van der Waals surface area contributed by atoms with Crippen LogP contribution in [0.5, 0.6) is 0 Å². The molecule has 2 aliphatic rings. The van der Waals surface area contributed by atoms with Crippen molar-refractivity contribution in [2.75, 3.05) is 32.8 Å². The van der Waals surface area contributed by atoms with E-state index in [0.717, 1.165) is 45.7 Å². The highest BCUT2D eigenvalue weighted by atomic mass is 16.5. The van der Waals surface area contributed by atoms with Crippen LogP contribution in [0.1, 0.15) is 30.9 Å². The van der Waals surface area contributed by atoms with E-state index in [-0.39, 0.29) is 17.9 Å². The molecule has 1 amide bonds. The lowest BCUT2D eigenvalue weighted by molar-refractivity contribution is -0.128. The Balaban J connectivity index is 1.66. The standard InChI is InChI=1S/C17H24N2O2/c20-17(15-7-4-8-15)18-16(14-5-2-1-3-6-14)13-19-9-11-21-12-10-19/h1-3,5-6,15-16H,4,7-13H2,(H,18,20). The number of carbonyl (C=O) groups is 1. The molecule has 3 rings (SSSR count). The number of nitrogens with zero attached hydrogens (tertiary/aromatic N) is 1. The molecule has 21 heavy (non-hydrogen) atoms. The van der Waals surface area contributed by atoms with Crippen LogP contribution in [0, 0.1) is 5.92 Å². The minimum absolute atomic E-state index is 0.0809. The van der Waals surface area contributed by atoms with Gasteiger partial charge in [0.1, 0.15) is 0 Å². The summed E-state index contributed by atoms with van der Waals surface area (Å²) in [5, 5.41) is 3.26. The molecule has 0 aromatic heterocycles. The van der Waals surface area contributed by atoms with Crippen LogP contribution in [0.3, 0.4) is 0 Å². The highest BCUT2D eigenvalue weighted by molar-refractivity contribution is 5.79. The number of ether oxygens (including phenoxy) is 1. The molecule has 1 atom stereocenters. The molecule has 1 unspecified atom stereocenters. The summed E-state index contributed by atoms with van der Waals surface area (Å²) in [6, 6.07) is 10.4. The highest BCUT2D eigenvalue weighted by Crippen LogP contribution is 2.27. The molecule has 0 radical (unpaired) electrons. The lowest BCUT2D eigenvalue weighted by Gasteiger charge is -2.33. The normalized spacial score (nSPS) is 21.5. The van der Waals surface area contributed by atoms with Gasteiger partial charge in [0.2, 0.25) is 5.91 Å². The molecule has 0 spiro atoms. The van der Waals surface area contributed by atoms with E-state index in [2.05, 4.69) is 22.3 Å². The first kappa shape index (κ1) is 14.5. The van der Waals surface area contributed by atoms with Gasteiger partial charge in [-0.1, -0.05) is 36.8 Å². The van der Waals surface area contributed by atoms with Crippen LogP contribution < -0.4 is 5.32 Å². The van der Waals surface area contributed by atoms with Crippen molar-refractivity contribution in [1.82, 2.24) is 10.2 Å². The molecule has 1 aromatic rings. The number of morpholine rings is 1. The summed E-state index contributed by atoms with van der Waals surface area (Å²) >= 11 is 0. The van der Waals surface area contributed by atoms with Crippen molar-refractivity contribution in [1.29, 1.82) is 0 Å². The number of amides is 1. The van der Waals surface area contributed by atoms with Gasteiger partial charge in [-0.2, -0.15) is 0 Å². The summed E-state index contributed by atoms with van der Waals surface area (Å²) in [7, 11) is 0. The lowest BCUT2D eigenvalue weighted by Crippen LogP contribution is -2.45. The summed E-state index contributed by atoms with van der Waals surface area (Å²) in [6.45, 7) is 4.34. The van der Waals surface area contributed by atoms with Crippen molar-refractivity contribution >= 4 is 5.91 Å². The fraction of sp³-hybridized carbons (Fsp3) is 0.588. The first-order valence-corrected chi connectivity index (χ1v) is 7.98. The second kappa shape index (κ2) is 7.05. The molecule has 1 N–H and O–H groups in total. The maximum atomic E-state index is 12.3. The van der Waals surface area contributed by atoms with E-state index in [9.17, 15) is 4.79 Å². The van der Waals surface area contributed by atoms with Crippen LogP contribution in [0.2, 0.25) is 0 Å². The summed E-state index contributed by atoms with van der Waals surface area (Å²) < 4.78 is 5.40. The van der Waals surface area contributed by atoms with Crippen LogP contribution >= 0.6 is 0 Å². The third kappa shape index (κ3) is 3.83. The number of hydrogen-bond acceptors (Lipinski definition) is 3. The summed E-state index contributed by atoms with van der Waals surface area (Å²) in [6.07, 6.45) is 3.29. The Hall–Kier alpha value is -1.39. The summed E-state index contributed by atoms with van der Waals surface area (Å²) in [5.41, 5.74) is 1.19. The minimum atomic E-state index is 0.0809. The molecule has 1 heterocycles. The zero-order valence-electron chi connectivity index (χ0n) is 12.5. The molecule has 1 aliphatic carbocycles. The van der Waals surface area contributed by atoms with Gasteiger partial charge in [-0.3, -0.25) is 9.69 Å². The third-order valence-electron chi connectivity index (χ3n) is 4.54. The van der Waals surface area contributed by atoms with E-state index in [1.54, 1.807) is 0 Å². The molecule has 1 saturated carbocycles. The third-order valence-corrected chi connectivity index (χ3v) is 4.54. The first-order chi connectivity index (χ1) is 10.3. The highest BCUT2D eigenvalue weighted by Gasteiger charge is 2.28. The second-order valence-corrected chi connectivity index (χ2v) is 6.01. The Morgan fingerprint density at radius 2 is 1.95 bits per heavy atom. The van der Waals surface area contributed by atoms with Gasteiger partial charge >= 0.3 is 0 Å². The van der Waals surface area contributed by atoms with Gasteiger partial charge in [0, 0.05) is 25.6 Å². The molecule has 4 heteroatoms. The quantitative estimate of drug-likeness (QED) is 0.901. The number of rotatable bonds is 5. The van der Waals surface area contributed by atoms with Gasteiger partial charge in [-0.05, 0) is 18.4 Å². The molecular formula is C17H24N2O2. The second-order valence-electron chi connectivity index (χ2n) is 6.01. The Labute approximate surface area is 126 Å². The lowest BCUT2D eigenvalue weighted by atomic mass is 9.84. The fourth-order valence-electron chi connectivity index (χ4n) is 2.92. The van der Waals surface area contributed by atoms with Crippen molar-refractivity contribution in [2.24, 2.45) is 5.92 Å². The number of hydrogen-bond donors (Lipinski definition) is 1. The molecule has 114 valence electrons. The first-order valence-electron chi connectivity index (χ1n) is 7.98. The average Bonchev–Trinajstić information content (AvgIpc) is 2.47. The van der Waals surface area contributed by atoms with Gasteiger partial charge in [0.25, 0.3) is 0 Å². The SMILES string of the molecule is O=C(NC(CN1CCOCC1)c1ccccc1)C1CCC1. The molecular weight excluding hydrogens is 264 g/mol. The minimum Gasteiger partial charge on any atom is -0.379 e. The topological polar surface area (TPSA) is 41.6 Å². The van der Waals surface area contributed by atoms with E-state index >= 15 is 0 Å². The molecule has 1 aliphatic heterocycles. The largest absolute Gasteiger partial charge is 0.379 e. The average molecular weight is 288 g/mol. The molecule has 4 nitrogen and oxygen atoms in total. The molecule has 0 bridgehead atoms. The van der Waals surface area contributed by atoms with Crippen LogP contribution in [-0.4, -0.2) is 43.7 Å². The van der Waals surface area contributed by atoms with Crippen molar-refractivity contribution < 1.29 is 9.53 Å². The zero-order chi connectivity index (χ0) is 14.5. The van der Waals surface area contributed by atoms with Gasteiger partial charge in [-0.25, -0.2) is 0 Å². The van der Waals surface area contributed by atoms with Gasteiger partial charge in [0.15, 0.2) is 0 Å². The van der Waals surface area contributed by atoms with Crippen molar-refractivity contribution in [3.63, 3.8) is 0 Å². The van der Waals surface area contributed by atoms with Crippen molar-refractivity contribution in [3.8, 4) is 0 Å². The fourth-order valence-corrected chi connectivity index (χ4v) is 2.92. The maximum absolute atomic E-state index is 12.3. The Bertz CT molecular complexity index is 453. The van der Waals surface area contributed by atoms with E-state index in [1.165, 1.54) is 12.0 Å². The molecule has 1 aromatic carbocycles. The Kier molecular flexibility index (Phi) is 4.88. The van der Waals surface area contributed by atoms with Crippen molar-refractivity contribution in [2.45, 2.75) is 25.3 Å². The Morgan fingerprint density at radius 1 is 1.24 bits per heavy atom. The van der Waals surface area contributed by atoms with Crippen LogP contribution in [0.4, 0.5) is 0 Å². The number of benzene rings is 1. The van der Waals surface area contributed by atoms with Crippen molar-refractivity contribution in [3.05, 3.63) is 35.9 Å². The zero-order valence-corrected chi connectivity index (χ0v) is 12.5. The van der Waals surface area contributed by atoms with Gasteiger partial charge < -0.3 is 10.1 Å². The molecule has 2 fully saturated rings. The maximum Gasteiger partial charge on any atom is 0.223 e. The van der Waals surface area contributed by atoms with E-state index < -0.39 is 0 Å². The smallest absolute Gasteiger partial charge is 0.223 e. The van der Waals surface area contributed by atoms with E-state index in [4.69, 9.17) is 4.74 Å². The van der Waals surface area contributed by atoms with Crippen LogP contribution in [0.15, 0.2) is 30.3 Å². The van der Waals surface area contributed by atoms with Gasteiger partial charge in [0.05, 0.1) is 19.3 Å². The number of nitrogens with one attached hydrogen (secondary N) is 1. The number of carbonyl (C=O) groups excluding carboxylic acids is 1. The summed E-state index contributed by atoms with van der Waals surface area (Å²) in [5.74, 6) is 0.462. The predicted octanol–water partition coefficient (Wildman–Crippen LogP) is 1.98. The van der Waals surface area contributed by atoms with Gasteiger partial charge in [-0.15, -0.1) is 0 Å². The van der Waals surface area contributed by atoms with Crippen LogP contribution in [-0.2, 0) is 9.53 Å². The predicted molar refractivity (Wildman–Crippen MR) is 81.9 cm³/mol. The Morgan fingerprint density at radius 3 is 2.57 bits per heavy atom. The monoisotopic (exact) mass is 288 g/mol. The summed E-state index contributed by atoms with van der Waals surface area (Å²) in [4.78, 5) is 14.7.